The minimum absolute atomic E-state index is 0.404. The van der Waals surface area contributed by atoms with Gasteiger partial charge >= 0.3 is 5.97 Å². The molecule has 0 aliphatic heterocycles. The van der Waals surface area contributed by atoms with E-state index < -0.39 is 5.97 Å². The highest BCUT2D eigenvalue weighted by Crippen LogP contribution is 2.45. The van der Waals surface area contributed by atoms with Crippen LogP contribution in [0.25, 0.3) is 19.5 Å². The van der Waals surface area contributed by atoms with E-state index in [0.717, 1.165) is 17.7 Å². The molecule has 22 heavy (non-hydrogen) atoms. The largest absolute Gasteiger partial charge is 0.477 e. The standard InChI is InChI=1S/C17H16O2S3/c1-3-10-11(4-2)16(13-7-8-14(21-13)17(18)19)22-15(10)12-6-5-9-20-12/h5-9H,3-4H2,1-2H3,(H,18,19). The van der Waals surface area contributed by atoms with Crippen molar-refractivity contribution in [3.63, 3.8) is 0 Å². The summed E-state index contributed by atoms with van der Waals surface area (Å²) in [5.74, 6) is -0.847. The lowest BCUT2D eigenvalue weighted by atomic mass is 10.0. The summed E-state index contributed by atoms with van der Waals surface area (Å²) in [4.78, 5) is 16.5. The molecular weight excluding hydrogens is 332 g/mol. The third kappa shape index (κ3) is 2.64. The maximum Gasteiger partial charge on any atom is 0.345 e. The van der Waals surface area contributed by atoms with Crippen molar-refractivity contribution < 1.29 is 9.90 Å². The summed E-state index contributed by atoms with van der Waals surface area (Å²) in [6.45, 7) is 4.37. The fourth-order valence-electron chi connectivity index (χ4n) is 2.63. The van der Waals surface area contributed by atoms with E-state index in [9.17, 15) is 4.79 Å². The number of rotatable bonds is 5. The molecule has 0 aliphatic carbocycles. The molecule has 0 saturated heterocycles. The van der Waals surface area contributed by atoms with Crippen molar-refractivity contribution in [3.8, 4) is 19.5 Å². The van der Waals surface area contributed by atoms with Gasteiger partial charge in [-0.3, -0.25) is 0 Å². The Hall–Kier alpha value is -1.43. The van der Waals surface area contributed by atoms with Gasteiger partial charge in [-0.05, 0) is 47.5 Å². The van der Waals surface area contributed by atoms with E-state index in [1.165, 1.54) is 37.1 Å². The lowest BCUT2D eigenvalue weighted by molar-refractivity contribution is 0.0702. The van der Waals surface area contributed by atoms with Crippen molar-refractivity contribution in [2.24, 2.45) is 0 Å². The molecule has 3 rings (SSSR count). The summed E-state index contributed by atoms with van der Waals surface area (Å²) in [6.07, 6.45) is 1.98. The van der Waals surface area contributed by atoms with Crippen molar-refractivity contribution >= 4 is 40.0 Å². The smallest absolute Gasteiger partial charge is 0.345 e. The fourth-order valence-corrected chi connectivity index (χ4v) is 5.97. The zero-order chi connectivity index (χ0) is 15.7. The predicted octanol–water partition coefficient (Wildman–Crippen LogP) is 6.03. The van der Waals surface area contributed by atoms with Crippen molar-refractivity contribution in [1.82, 2.24) is 0 Å². The summed E-state index contributed by atoms with van der Waals surface area (Å²) >= 11 is 4.93. The second kappa shape index (κ2) is 6.36. The first-order valence-corrected chi connectivity index (χ1v) is 9.68. The zero-order valence-electron chi connectivity index (χ0n) is 12.4. The zero-order valence-corrected chi connectivity index (χ0v) is 14.8. The van der Waals surface area contributed by atoms with E-state index in [1.54, 1.807) is 28.7 Å². The maximum atomic E-state index is 11.1. The van der Waals surface area contributed by atoms with Gasteiger partial charge in [0.05, 0.1) is 0 Å². The quantitative estimate of drug-likeness (QED) is 0.611. The van der Waals surface area contributed by atoms with Crippen molar-refractivity contribution in [2.45, 2.75) is 26.7 Å². The van der Waals surface area contributed by atoms with Gasteiger partial charge < -0.3 is 5.11 Å². The second-order valence-electron chi connectivity index (χ2n) is 4.87. The van der Waals surface area contributed by atoms with Crippen LogP contribution in [0.1, 0.15) is 34.6 Å². The molecule has 3 aromatic rings. The number of aromatic carboxylic acids is 1. The van der Waals surface area contributed by atoms with Crippen LogP contribution in [0.15, 0.2) is 29.6 Å². The number of carboxylic acid groups (broad SMARTS) is 1. The first-order valence-electron chi connectivity index (χ1n) is 7.17. The molecule has 114 valence electrons. The number of hydrogen-bond donors (Lipinski definition) is 1. The SMILES string of the molecule is CCc1c(-c2cccs2)sc(-c2ccc(C(=O)O)s2)c1CC. The van der Waals surface area contributed by atoms with Gasteiger partial charge in [0, 0.05) is 19.5 Å². The lowest BCUT2D eigenvalue weighted by Crippen LogP contribution is -1.89. The minimum Gasteiger partial charge on any atom is -0.477 e. The fraction of sp³-hybridized carbons (Fsp3) is 0.235. The van der Waals surface area contributed by atoms with Gasteiger partial charge in [0.15, 0.2) is 0 Å². The normalized spacial score (nSPS) is 11.0. The molecule has 0 bridgehead atoms. The van der Waals surface area contributed by atoms with Crippen LogP contribution in [0, 0.1) is 0 Å². The summed E-state index contributed by atoms with van der Waals surface area (Å²) < 4.78 is 0. The summed E-state index contributed by atoms with van der Waals surface area (Å²) in [5, 5.41) is 11.2. The summed E-state index contributed by atoms with van der Waals surface area (Å²) in [5.41, 5.74) is 2.78. The van der Waals surface area contributed by atoms with Gasteiger partial charge in [-0.2, -0.15) is 0 Å². The molecule has 0 aromatic carbocycles. The Bertz CT molecular complexity index is 794. The number of carboxylic acids is 1. The Kier molecular flexibility index (Phi) is 4.47. The van der Waals surface area contributed by atoms with E-state index >= 15 is 0 Å². The number of hydrogen-bond acceptors (Lipinski definition) is 4. The van der Waals surface area contributed by atoms with Crippen LogP contribution < -0.4 is 0 Å². The molecule has 0 atom stereocenters. The van der Waals surface area contributed by atoms with Crippen LogP contribution in [-0.2, 0) is 12.8 Å². The predicted molar refractivity (Wildman–Crippen MR) is 96.7 cm³/mol. The van der Waals surface area contributed by atoms with E-state index in [2.05, 4.69) is 31.4 Å². The third-order valence-electron chi connectivity index (χ3n) is 3.61. The van der Waals surface area contributed by atoms with Crippen LogP contribution in [0.2, 0.25) is 0 Å². The Labute approximate surface area is 141 Å². The minimum atomic E-state index is -0.847. The average molecular weight is 349 g/mol. The Morgan fingerprint density at radius 1 is 1.00 bits per heavy atom. The summed E-state index contributed by atoms with van der Waals surface area (Å²) in [6, 6.07) is 7.89. The molecule has 1 N–H and O–H groups in total. The first-order chi connectivity index (χ1) is 10.7. The highest BCUT2D eigenvalue weighted by atomic mass is 32.1. The highest BCUT2D eigenvalue weighted by Gasteiger charge is 2.20. The van der Waals surface area contributed by atoms with Crippen molar-refractivity contribution in [2.75, 3.05) is 0 Å². The molecule has 0 spiro atoms. The molecule has 5 heteroatoms. The molecule has 0 radical (unpaired) electrons. The van der Waals surface area contributed by atoms with Gasteiger partial charge in [-0.15, -0.1) is 34.0 Å². The molecule has 0 aliphatic rings. The number of thiophene rings is 3. The molecule has 0 amide bonds. The van der Waals surface area contributed by atoms with Gasteiger partial charge in [-0.25, -0.2) is 4.79 Å². The Morgan fingerprint density at radius 2 is 1.68 bits per heavy atom. The van der Waals surface area contributed by atoms with Gasteiger partial charge in [-0.1, -0.05) is 19.9 Å². The van der Waals surface area contributed by atoms with Gasteiger partial charge in [0.1, 0.15) is 4.88 Å². The Morgan fingerprint density at radius 3 is 2.18 bits per heavy atom. The van der Waals surface area contributed by atoms with Crippen molar-refractivity contribution in [3.05, 3.63) is 45.6 Å². The molecule has 0 fully saturated rings. The topological polar surface area (TPSA) is 37.3 Å². The summed E-state index contributed by atoms with van der Waals surface area (Å²) in [7, 11) is 0. The van der Waals surface area contributed by atoms with E-state index in [-0.39, 0.29) is 0 Å². The van der Waals surface area contributed by atoms with E-state index in [4.69, 9.17) is 5.11 Å². The highest BCUT2D eigenvalue weighted by molar-refractivity contribution is 7.26. The average Bonchev–Trinajstić information content (AvgIpc) is 3.23. The maximum absolute atomic E-state index is 11.1. The lowest BCUT2D eigenvalue weighted by Gasteiger charge is -2.03. The third-order valence-corrected chi connectivity index (χ3v) is 7.19. The van der Waals surface area contributed by atoms with Gasteiger partial charge in [0.2, 0.25) is 0 Å². The molecule has 3 aromatic heterocycles. The second-order valence-corrected chi connectivity index (χ2v) is 7.92. The van der Waals surface area contributed by atoms with Crippen molar-refractivity contribution in [1.29, 1.82) is 0 Å². The molecule has 3 heterocycles. The van der Waals surface area contributed by atoms with Crippen LogP contribution in [-0.4, -0.2) is 11.1 Å². The first kappa shape index (κ1) is 15.5. The van der Waals surface area contributed by atoms with E-state index in [1.807, 2.05) is 6.07 Å². The molecule has 2 nitrogen and oxygen atoms in total. The van der Waals surface area contributed by atoms with Crippen LogP contribution in [0.5, 0.6) is 0 Å². The van der Waals surface area contributed by atoms with Crippen LogP contribution >= 0.6 is 34.0 Å². The molecular formula is C17H16O2S3. The molecule has 0 saturated carbocycles. The van der Waals surface area contributed by atoms with Crippen LogP contribution in [0.4, 0.5) is 0 Å². The monoisotopic (exact) mass is 348 g/mol. The number of carbonyl (C=O) groups is 1. The van der Waals surface area contributed by atoms with E-state index in [0.29, 0.717) is 4.88 Å². The van der Waals surface area contributed by atoms with Gasteiger partial charge in [0.25, 0.3) is 0 Å². The van der Waals surface area contributed by atoms with Crippen LogP contribution in [0.3, 0.4) is 0 Å². The Balaban J connectivity index is 2.16. The molecule has 0 unspecified atom stereocenters.